The Morgan fingerprint density at radius 3 is 1.45 bits per heavy atom. The van der Waals surface area contributed by atoms with Crippen LogP contribution in [-0.2, 0) is 28.7 Å². The SMILES string of the molecule is COc1cc(C(=O)O[C@@H](C(=O)O)[C@@H](OC(=O)c2ccc(OC(C)=O)c(OC)c2)C(=O)Nc2ccc(N=Nc3ccc(C)cc3)cc2)ccc1OC(C)=O. The molecule has 4 aromatic rings. The second kappa shape index (κ2) is 17.7. The molecule has 4 aromatic carbocycles. The van der Waals surface area contributed by atoms with Crippen molar-refractivity contribution < 1.29 is 62.3 Å². The Kier molecular flexibility index (Phi) is 12.9. The summed E-state index contributed by atoms with van der Waals surface area (Å²) in [4.78, 5) is 75.7. The van der Waals surface area contributed by atoms with E-state index in [4.69, 9.17) is 28.4 Å². The number of rotatable bonds is 14. The fraction of sp³-hybridized carbons (Fsp3) is 0.189. The van der Waals surface area contributed by atoms with Gasteiger partial charge in [-0.3, -0.25) is 14.4 Å². The molecule has 16 heteroatoms. The van der Waals surface area contributed by atoms with Gasteiger partial charge in [-0.05, 0) is 79.7 Å². The number of aliphatic carboxylic acids is 1. The number of ether oxygens (including phenoxy) is 6. The third-order valence-electron chi connectivity index (χ3n) is 7.00. The highest BCUT2D eigenvalue weighted by atomic mass is 16.6. The highest BCUT2D eigenvalue weighted by Crippen LogP contribution is 2.31. The average molecular weight is 728 g/mol. The Hall–Kier alpha value is -7.10. The van der Waals surface area contributed by atoms with Gasteiger partial charge in [-0.1, -0.05) is 17.7 Å². The van der Waals surface area contributed by atoms with E-state index < -0.39 is 48.0 Å². The number of carboxylic acid groups (broad SMARTS) is 1. The van der Waals surface area contributed by atoms with Crippen LogP contribution < -0.4 is 24.3 Å². The number of carbonyl (C=O) groups is 6. The standard InChI is InChI=1S/C37H33N3O13/c1-20-6-10-26(11-7-20)39-40-27-14-12-25(13-15-27)38-34(43)32(52-36(46)23-8-16-28(50-21(2)41)30(18-23)48-4)33(35(44)45)53-37(47)24-9-17-29(51-22(3)42)31(19-24)49-5/h6-19,32-33H,1-5H3,(H,38,43)(H,44,45)/t32-,33-/m1/s1. The second-order valence-corrected chi connectivity index (χ2v) is 11.0. The van der Waals surface area contributed by atoms with Crippen molar-refractivity contribution in [1.82, 2.24) is 0 Å². The molecule has 0 saturated carbocycles. The topological polar surface area (TPSA) is 215 Å². The number of aryl methyl sites for hydroxylation is 1. The number of nitrogens with one attached hydrogen (secondary N) is 1. The van der Waals surface area contributed by atoms with Gasteiger partial charge in [0.2, 0.25) is 12.2 Å². The molecule has 0 fully saturated rings. The molecule has 4 rings (SSSR count). The number of benzene rings is 4. The Balaban J connectivity index is 1.63. The molecule has 0 radical (unpaired) electrons. The fourth-order valence-corrected chi connectivity index (χ4v) is 4.48. The molecular formula is C37H33N3O13. The first-order valence-electron chi connectivity index (χ1n) is 15.5. The van der Waals surface area contributed by atoms with E-state index in [2.05, 4.69) is 15.5 Å². The predicted octanol–water partition coefficient (Wildman–Crippen LogP) is 5.75. The summed E-state index contributed by atoms with van der Waals surface area (Å²) in [7, 11) is 2.49. The molecule has 0 unspecified atom stereocenters. The van der Waals surface area contributed by atoms with E-state index in [1.807, 2.05) is 19.1 Å². The Morgan fingerprint density at radius 1 is 0.604 bits per heavy atom. The van der Waals surface area contributed by atoms with Crippen LogP contribution in [0.3, 0.4) is 0 Å². The number of azo groups is 1. The van der Waals surface area contributed by atoms with Crippen LogP contribution in [0.5, 0.6) is 23.0 Å². The third kappa shape index (κ3) is 10.7. The number of hydrogen-bond acceptors (Lipinski definition) is 14. The zero-order valence-corrected chi connectivity index (χ0v) is 29.0. The van der Waals surface area contributed by atoms with Gasteiger partial charge in [0.25, 0.3) is 5.91 Å². The molecule has 53 heavy (non-hydrogen) atoms. The maximum Gasteiger partial charge on any atom is 0.349 e. The number of nitrogens with zero attached hydrogens (tertiary/aromatic N) is 2. The van der Waals surface area contributed by atoms with Gasteiger partial charge in [-0.2, -0.15) is 10.2 Å². The molecule has 0 aliphatic rings. The molecular weight excluding hydrogens is 694 g/mol. The minimum Gasteiger partial charge on any atom is -0.493 e. The summed E-state index contributed by atoms with van der Waals surface area (Å²) in [6.07, 6.45) is -4.67. The maximum absolute atomic E-state index is 13.7. The van der Waals surface area contributed by atoms with Gasteiger partial charge in [0, 0.05) is 19.5 Å². The molecule has 0 spiro atoms. The van der Waals surface area contributed by atoms with Crippen LogP contribution in [0.25, 0.3) is 0 Å². The molecule has 274 valence electrons. The summed E-state index contributed by atoms with van der Waals surface area (Å²) >= 11 is 0. The average Bonchev–Trinajstić information content (AvgIpc) is 3.12. The zero-order chi connectivity index (χ0) is 38.7. The number of amides is 1. The lowest BCUT2D eigenvalue weighted by Crippen LogP contribution is -2.48. The first-order chi connectivity index (χ1) is 25.3. The molecule has 2 atom stereocenters. The Morgan fingerprint density at radius 2 is 1.04 bits per heavy atom. The lowest BCUT2D eigenvalue weighted by Gasteiger charge is -2.24. The molecule has 0 bridgehead atoms. The summed E-state index contributed by atoms with van der Waals surface area (Å²) in [6, 6.07) is 20.3. The maximum atomic E-state index is 13.7. The van der Waals surface area contributed by atoms with E-state index in [9.17, 15) is 33.9 Å². The van der Waals surface area contributed by atoms with Crippen LogP contribution in [0.1, 0.15) is 40.1 Å². The minimum atomic E-state index is -2.39. The van der Waals surface area contributed by atoms with E-state index in [1.165, 1.54) is 56.7 Å². The number of anilines is 1. The number of esters is 4. The summed E-state index contributed by atoms with van der Waals surface area (Å²) < 4.78 is 31.0. The Labute approximate surface area is 302 Å². The van der Waals surface area contributed by atoms with Gasteiger partial charge in [-0.25, -0.2) is 14.4 Å². The van der Waals surface area contributed by atoms with Gasteiger partial charge in [-0.15, -0.1) is 0 Å². The van der Waals surface area contributed by atoms with Crippen molar-refractivity contribution in [1.29, 1.82) is 0 Å². The van der Waals surface area contributed by atoms with Crippen molar-refractivity contribution in [2.24, 2.45) is 10.2 Å². The first kappa shape index (κ1) is 38.7. The van der Waals surface area contributed by atoms with Crippen molar-refractivity contribution in [2.75, 3.05) is 19.5 Å². The number of methoxy groups -OCH3 is 2. The van der Waals surface area contributed by atoms with E-state index in [1.54, 1.807) is 12.1 Å². The van der Waals surface area contributed by atoms with Gasteiger partial charge in [0.15, 0.2) is 23.0 Å². The van der Waals surface area contributed by atoms with E-state index in [-0.39, 0.29) is 39.8 Å². The predicted molar refractivity (Wildman–Crippen MR) is 185 cm³/mol. The van der Waals surface area contributed by atoms with Crippen molar-refractivity contribution >= 4 is 52.8 Å². The molecule has 0 saturated heterocycles. The first-order valence-corrected chi connectivity index (χ1v) is 15.5. The Bertz CT molecular complexity index is 2040. The van der Waals surface area contributed by atoms with Crippen LogP contribution in [0.15, 0.2) is 95.2 Å². The lowest BCUT2D eigenvalue weighted by molar-refractivity contribution is -0.157. The number of hydrogen-bond donors (Lipinski definition) is 2. The summed E-state index contributed by atoms with van der Waals surface area (Å²) in [5.74, 6) is -7.01. The van der Waals surface area contributed by atoms with Crippen LogP contribution in [-0.4, -0.2) is 67.3 Å². The minimum absolute atomic E-state index is 0.0276. The van der Waals surface area contributed by atoms with Crippen molar-refractivity contribution in [3.63, 3.8) is 0 Å². The number of carboxylic acids is 1. The molecule has 2 N–H and O–H groups in total. The van der Waals surface area contributed by atoms with Crippen molar-refractivity contribution in [3.8, 4) is 23.0 Å². The summed E-state index contributed by atoms with van der Waals surface area (Å²) in [5.41, 5.74) is 1.74. The van der Waals surface area contributed by atoms with Crippen LogP contribution in [0.2, 0.25) is 0 Å². The van der Waals surface area contributed by atoms with Crippen LogP contribution in [0, 0.1) is 6.92 Å². The quantitative estimate of drug-likeness (QED) is 0.0900. The summed E-state index contributed by atoms with van der Waals surface area (Å²) in [6.45, 7) is 4.25. The molecule has 0 aromatic heterocycles. The molecule has 16 nitrogen and oxygen atoms in total. The molecule has 0 heterocycles. The molecule has 0 aliphatic heterocycles. The molecule has 0 aliphatic carbocycles. The highest BCUT2D eigenvalue weighted by Gasteiger charge is 2.41. The smallest absolute Gasteiger partial charge is 0.349 e. The highest BCUT2D eigenvalue weighted by molar-refractivity contribution is 6.02. The van der Waals surface area contributed by atoms with Crippen molar-refractivity contribution in [2.45, 2.75) is 33.0 Å². The normalized spacial score (nSPS) is 11.8. The van der Waals surface area contributed by atoms with Gasteiger partial charge in [0.1, 0.15) is 0 Å². The van der Waals surface area contributed by atoms with Crippen LogP contribution in [0.4, 0.5) is 17.1 Å². The van der Waals surface area contributed by atoms with Crippen LogP contribution >= 0.6 is 0 Å². The van der Waals surface area contributed by atoms with E-state index in [0.29, 0.717) is 11.4 Å². The van der Waals surface area contributed by atoms with Gasteiger partial charge < -0.3 is 38.8 Å². The number of carbonyl (C=O) groups excluding carboxylic acids is 5. The molecule has 1 amide bonds. The lowest BCUT2D eigenvalue weighted by atomic mass is 10.1. The van der Waals surface area contributed by atoms with E-state index in [0.717, 1.165) is 37.6 Å². The van der Waals surface area contributed by atoms with Gasteiger partial charge in [0.05, 0.1) is 36.7 Å². The second-order valence-electron chi connectivity index (χ2n) is 11.0. The van der Waals surface area contributed by atoms with Crippen molar-refractivity contribution in [3.05, 3.63) is 102 Å². The third-order valence-corrected chi connectivity index (χ3v) is 7.00. The fourth-order valence-electron chi connectivity index (χ4n) is 4.48. The largest absolute Gasteiger partial charge is 0.493 e. The van der Waals surface area contributed by atoms with E-state index >= 15 is 0 Å². The van der Waals surface area contributed by atoms with Gasteiger partial charge >= 0.3 is 29.8 Å². The monoisotopic (exact) mass is 727 g/mol. The zero-order valence-electron chi connectivity index (χ0n) is 29.0. The summed E-state index contributed by atoms with van der Waals surface area (Å²) in [5, 5.41) is 20.9.